The van der Waals surface area contributed by atoms with Crippen molar-refractivity contribution in [2.45, 2.75) is 210 Å². The molecule has 2 saturated heterocycles. The lowest BCUT2D eigenvalue weighted by molar-refractivity contribution is -0.151. The quantitative estimate of drug-likeness (QED) is 0.0261. The molecule has 0 spiro atoms. The van der Waals surface area contributed by atoms with E-state index in [0.717, 1.165) is 32.7 Å². The van der Waals surface area contributed by atoms with E-state index in [-0.39, 0.29) is 126 Å². The summed E-state index contributed by atoms with van der Waals surface area (Å²) in [5.74, 6) is -12.9. The number of aromatic amines is 1. The molecule has 34 heteroatoms. The largest absolute Gasteiger partial charge is 0.508 e. The monoisotopic (exact) mass is 1740 g/mol. The second-order valence-corrected chi connectivity index (χ2v) is 33.7. The van der Waals surface area contributed by atoms with Crippen LogP contribution in [0.4, 0.5) is 0 Å². The molecule has 6 aromatic rings. The number of carbonyl (C=O) groups excluding carboxylic acids is 14. The van der Waals surface area contributed by atoms with Gasteiger partial charge >= 0.3 is 5.97 Å². The van der Waals surface area contributed by atoms with E-state index in [1.54, 1.807) is 102 Å². The highest BCUT2D eigenvalue weighted by Gasteiger charge is 2.46. The zero-order valence-corrected chi connectivity index (χ0v) is 73.4. The number of nitrogens with zero attached hydrogens (tertiary/aromatic N) is 5. The van der Waals surface area contributed by atoms with Crippen molar-refractivity contribution in [3.8, 4) is 5.75 Å². The van der Waals surface area contributed by atoms with E-state index in [0.29, 0.717) is 46.9 Å². The molecule has 0 aliphatic carbocycles. The minimum atomic E-state index is -1.88. The molecule has 125 heavy (non-hydrogen) atoms. The molecule has 674 valence electrons. The summed E-state index contributed by atoms with van der Waals surface area (Å²) in [5, 5.41) is 43.3. The zero-order valence-electron chi connectivity index (χ0n) is 72.6. The van der Waals surface area contributed by atoms with E-state index < -0.39 is 168 Å². The SMILES string of the molecule is CCC[C@@H](C(=O)N1CCC[C@@H]1C(=O)N[C@@H](CCN)C(=O)N[C@H](C(=O)N(C)[C@@H](Cc1ccccc1)C(=O)N[C@@H](CC(=O)O)C(=O)N1CCC[C@@H]1C(=O)N[C@@H](Cc1c[nH]c2ccccc12)C(=O)N[C@@H](Cc1ccc(O)cc1)C(=O)N[C@@H](CC(C)C)C(=O)N[C@@H](CSCC(N)=O)C(=O)NCC)C(C)C)N(C)C(=O)[C@H](Cc1ccccc1)N(C)C(=O)CCc1ccccc1. The van der Waals surface area contributed by atoms with Crippen molar-refractivity contribution in [1.82, 2.24) is 72.0 Å². The average molecular weight is 1740 g/mol. The van der Waals surface area contributed by atoms with Crippen LogP contribution in [0.3, 0.4) is 0 Å². The van der Waals surface area contributed by atoms with Gasteiger partial charge in [-0.05, 0) is 123 Å². The fourth-order valence-corrected chi connectivity index (χ4v) is 16.5. The number of hydrogen-bond donors (Lipinski definition) is 13. The summed E-state index contributed by atoms with van der Waals surface area (Å²) in [6.07, 6.45) is 2.08. The van der Waals surface area contributed by atoms with Gasteiger partial charge in [0.05, 0.1) is 12.2 Å². The molecule has 14 amide bonds. The summed E-state index contributed by atoms with van der Waals surface area (Å²) < 4.78 is 0. The lowest BCUT2D eigenvalue weighted by Crippen LogP contribution is -2.62. The Morgan fingerprint density at radius 2 is 1.02 bits per heavy atom. The summed E-state index contributed by atoms with van der Waals surface area (Å²) in [4.78, 5) is 226. The van der Waals surface area contributed by atoms with Crippen LogP contribution in [0.1, 0.15) is 134 Å². The van der Waals surface area contributed by atoms with Gasteiger partial charge in [-0.3, -0.25) is 71.9 Å². The smallest absolute Gasteiger partial charge is 0.305 e. The highest BCUT2D eigenvalue weighted by molar-refractivity contribution is 8.00. The van der Waals surface area contributed by atoms with Crippen molar-refractivity contribution < 1.29 is 82.1 Å². The van der Waals surface area contributed by atoms with E-state index in [4.69, 9.17) is 11.5 Å². The molecule has 1 aromatic heterocycles. The maximum atomic E-state index is 15.3. The molecule has 33 nitrogen and oxygen atoms in total. The fraction of sp³-hybridized carbons (Fsp3) is 0.484. The number of thioether (sulfide) groups is 1. The molecule has 0 radical (unpaired) electrons. The molecular formula is C91H122N16O17S. The van der Waals surface area contributed by atoms with Gasteiger partial charge in [0.2, 0.25) is 82.7 Å². The van der Waals surface area contributed by atoms with Crippen LogP contribution in [0, 0.1) is 11.8 Å². The van der Waals surface area contributed by atoms with Crippen LogP contribution in [0.2, 0.25) is 0 Å². The van der Waals surface area contributed by atoms with Crippen LogP contribution in [-0.4, -0.2) is 260 Å². The Morgan fingerprint density at radius 3 is 1.58 bits per heavy atom. The number of primary amides is 1. The van der Waals surface area contributed by atoms with E-state index in [1.807, 2.05) is 67.6 Å². The number of carboxylic acids is 1. The predicted octanol–water partition coefficient (Wildman–Crippen LogP) is 3.31. The van der Waals surface area contributed by atoms with E-state index in [9.17, 15) is 53.4 Å². The Labute approximate surface area is 733 Å². The van der Waals surface area contributed by atoms with Gasteiger partial charge in [-0.25, -0.2) is 0 Å². The highest BCUT2D eigenvalue weighted by atomic mass is 32.2. The van der Waals surface area contributed by atoms with Crippen molar-refractivity contribution in [2.75, 3.05) is 58.8 Å². The number of fused-ring (bicyclic) bond motifs is 1. The normalized spacial score (nSPS) is 16.1. The van der Waals surface area contributed by atoms with Gasteiger partial charge in [-0.15, -0.1) is 11.8 Å². The Balaban J connectivity index is 0.994. The molecule has 2 aliphatic rings. The van der Waals surface area contributed by atoms with E-state index in [2.05, 4.69) is 47.5 Å². The van der Waals surface area contributed by atoms with E-state index in [1.165, 1.54) is 53.1 Å². The number of carbonyl (C=O) groups is 15. The van der Waals surface area contributed by atoms with Crippen LogP contribution in [-0.2, 0) is 104 Å². The van der Waals surface area contributed by atoms with E-state index >= 15 is 28.8 Å². The predicted molar refractivity (Wildman–Crippen MR) is 472 cm³/mol. The first-order valence-corrected chi connectivity index (χ1v) is 43.9. The van der Waals surface area contributed by atoms with Gasteiger partial charge in [0.1, 0.15) is 78.3 Å². The molecule has 3 heterocycles. The van der Waals surface area contributed by atoms with Gasteiger partial charge < -0.3 is 93.7 Å². The van der Waals surface area contributed by atoms with Crippen molar-refractivity contribution in [2.24, 2.45) is 23.3 Å². The number of benzene rings is 5. The standard InChI is InChI=1S/C91H122N16O17S/c1-10-25-73(104(8)89(122)75(49-59-30-19-14-20-31-59)103(7)77(110)41-38-57-26-15-12-16-27-57)90(123)107-45-24-35-72(107)85(118)96-65(42-43-92)81(114)102-79(56(5)6)91(124)105(9)74(48-58-28-17-13-18-29-58)87(120)100-69(51-78(111)112)88(121)106-44-23-34-71(106)86(119)99-68(50-61-52-95-64-33-22-21-32-63(61)64)84(117)98-67(47-60-36-39-62(108)40-37-60)83(116)97-66(46-55(3)4)82(115)101-70(80(113)94-11-2)53-125-54-76(93)109/h12-22,26-33,36-37,39-40,52,55-56,65-75,79,95,108H,10-11,23-25,34-35,38,41-51,53-54,92H2,1-9H3,(H2,93,109)(H,94,113)(H,96,118)(H,97,116)(H,98,117)(H,99,119)(H,100,120)(H,101,115)(H,102,114)(H,111,112)/t65-,66-,67-,68-,69-,70-,71+,72+,73-,74-,75-,79-/m0/s1. The van der Waals surface area contributed by atoms with Gasteiger partial charge in [-0.1, -0.05) is 162 Å². The molecule has 2 aliphatic heterocycles. The van der Waals surface area contributed by atoms with Gasteiger partial charge in [0.15, 0.2) is 0 Å². The number of rotatable bonds is 47. The summed E-state index contributed by atoms with van der Waals surface area (Å²) in [6.45, 7) is 10.5. The van der Waals surface area contributed by atoms with Crippen molar-refractivity contribution in [3.63, 3.8) is 0 Å². The zero-order chi connectivity index (χ0) is 91.1. The topological polar surface area (TPSA) is 477 Å². The Morgan fingerprint density at radius 1 is 0.520 bits per heavy atom. The summed E-state index contributed by atoms with van der Waals surface area (Å²) in [7, 11) is 4.41. The third-order valence-electron chi connectivity index (χ3n) is 22.5. The molecule has 8 rings (SSSR count). The van der Waals surface area contributed by atoms with Crippen molar-refractivity contribution in [3.05, 3.63) is 174 Å². The fourth-order valence-electron chi connectivity index (χ4n) is 15.7. The minimum absolute atomic E-state index is 0.00874. The number of aromatic hydroxyl groups is 1. The first-order chi connectivity index (χ1) is 59.7. The van der Waals surface area contributed by atoms with Crippen LogP contribution in [0.15, 0.2) is 146 Å². The molecular weight excluding hydrogens is 1620 g/mol. The number of hydrogen-bond acceptors (Lipinski definition) is 18. The number of amides is 14. The third kappa shape index (κ3) is 28.4. The molecule has 0 bridgehead atoms. The maximum Gasteiger partial charge on any atom is 0.305 e. The van der Waals surface area contributed by atoms with Crippen LogP contribution >= 0.6 is 11.8 Å². The Bertz CT molecular complexity index is 4690. The second kappa shape index (κ2) is 48.2. The van der Waals surface area contributed by atoms with Gasteiger partial charge in [0.25, 0.3) is 0 Å². The van der Waals surface area contributed by atoms with Crippen LogP contribution in [0.25, 0.3) is 10.9 Å². The number of H-pyrrole nitrogens is 1. The lowest BCUT2D eigenvalue weighted by Gasteiger charge is -2.37. The third-order valence-corrected chi connectivity index (χ3v) is 23.6. The number of nitrogens with one attached hydrogen (secondary N) is 9. The number of likely N-dealkylation sites (tertiary alicyclic amines) is 2. The summed E-state index contributed by atoms with van der Waals surface area (Å²) in [5.41, 5.74) is 15.4. The summed E-state index contributed by atoms with van der Waals surface area (Å²) in [6, 6.07) is 23.9. The summed E-state index contributed by atoms with van der Waals surface area (Å²) >= 11 is 1.02. The number of para-hydroxylation sites is 1. The Kier molecular flexibility index (Phi) is 37.9. The number of phenols is 1. The van der Waals surface area contributed by atoms with Crippen LogP contribution in [0.5, 0.6) is 5.75 Å². The van der Waals surface area contributed by atoms with Crippen LogP contribution < -0.4 is 54.0 Å². The number of aliphatic carboxylic acids is 1. The molecule has 2 fully saturated rings. The number of aromatic nitrogens is 1. The minimum Gasteiger partial charge on any atom is -0.508 e. The second-order valence-electron chi connectivity index (χ2n) is 32.7. The van der Waals surface area contributed by atoms with Crippen molar-refractivity contribution in [1.29, 1.82) is 0 Å². The lowest BCUT2D eigenvalue weighted by atomic mass is 9.98. The highest BCUT2D eigenvalue weighted by Crippen LogP contribution is 2.28. The molecule has 12 atom stereocenters. The molecule has 0 unspecified atom stereocenters. The van der Waals surface area contributed by atoms with Gasteiger partial charge in [-0.2, -0.15) is 0 Å². The number of nitrogens with two attached hydrogens (primary N) is 2. The number of carboxylic acid groups (broad SMARTS) is 1. The molecule has 15 N–H and O–H groups in total. The molecule has 5 aromatic carbocycles. The first-order valence-electron chi connectivity index (χ1n) is 42.7. The maximum absolute atomic E-state index is 15.3. The average Bonchev–Trinajstić information content (AvgIpc) is 1.70. The molecule has 0 saturated carbocycles. The number of phenolic OH excluding ortho intramolecular Hbond substituents is 1. The van der Waals surface area contributed by atoms with Gasteiger partial charge in [0, 0.05) is 95.7 Å². The number of aryl methyl sites for hydroxylation is 1. The Hall–Kier alpha value is -12.2. The number of likely N-dealkylation sites (N-methyl/N-ethyl adjacent to an activating group) is 4. The van der Waals surface area contributed by atoms with Crippen molar-refractivity contribution >= 4 is 111 Å². The first kappa shape index (κ1) is 98.2.